The molecule has 114 valence electrons. The summed E-state index contributed by atoms with van der Waals surface area (Å²) in [6.45, 7) is 16.3. The maximum absolute atomic E-state index is 6.53. The van der Waals surface area contributed by atoms with Crippen molar-refractivity contribution in [3.8, 4) is 0 Å². The molecule has 0 amide bonds. The largest absolute Gasteiger partial charge is 0.414 e. The lowest BCUT2D eigenvalue weighted by atomic mass is 10.0. The Labute approximate surface area is 130 Å². The highest BCUT2D eigenvalue weighted by molar-refractivity contribution is 8.17. The van der Waals surface area contributed by atoms with Gasteiger partial charge in [-0.25, -0.2) is 0 Å². The molecule has 0 N–H and O–H groups in total. The van der Waals surface area contributed by atoms with Crippen LogP contribution in [0.3, 0.4) is 0 Å². The predicted molar refractivity (Wildman–Crippen MR) is 94.8 cm³/mol. The standard InChI is InChI=1S/C15H32OS2Si/c1-12(11-14-17-9-8-10-18-14)13(2)16-19(6,7)15(3,4)5/h12-14H,8-11H2,1-7H3/t12-,13-/m0/s1. The van der Waals surface area contributed by atoms with Gasteiger partial charge >= 0.3 is 0 Å². The van der Waals surface area contributed by atoms with Crippen LogP contribution in [0.4, 0.5) is 0 Å². The number of hydrogen-bond donors (Lipinski definition) is 0. The van der Waals surface area contributed by atoms with Crippen molar-refractivity contribution in [1.82, 2.24) is 0 Å². The van der Waals surface area contributed by atoms with E-state index in [4.69, 9.17) is 4.43 Å². The molecule has 1 nitrogen and oxygen atoms in total. The van der Waals surface area contributed by atoms with Crippen LogP contribution in [0.2, 0.25) is 18.1 Å². The van der Waals surface area contributed by atoms with Gasteiger partial charge in [-0.2, -0.15) is 0 Å². The first-order valence-electron chi connectivity index (χ1n) is 7.54. The van der Waals surface area contributed by atoms with Crippen molar-refractivity contribution in [2.45, 2.75) is 76.3 Å². The van der Waals surface area contributed by atoms with Crippen molar-refractivity contribution in [3.63, 3.8) is 0 Å². The fraction of sp³-hybridized carbons (Fsp3) is 1.00. The summed E-state index contributed by atoms with van der Waals surface area (Å²) in [7, 11) is -1.61. The molecular weight excluding hydrogens is 288 g/mol. The van der Waals surface area contributed by atoms with E-state index in [1.165, 1.54) is 24.3 Å². The molecule has 0 aromatic carbocycles. The van der Waals surface area contributed by atoms with Crippen molar-refractivity contribution in [2.75, 3.05) is 11.5 Å². The van der Waals surface area contributed by atoms with Gasteiger partial charge in [0.2, 0.25) is 0 Å². The van der Waals surface area contributed by atoms with Crippen LogP contribution in [0.15, 0.2) is 0 Å². The Morgan fingerprint density at radius 3 is 2.16 bits per heavy atom. The number of thioether (sulfide) groups is 2. The zero-order valence-corrected chi connectivity index (χ0v) is 16.4. The number of rotatable bonds is 5. The Hall–Kier alpha value is 0.877. The lowest BCUT2D eigenvalue weighted by molar-refractivity contribution is 0.140. The first-order chi connectivity index (χ1) is 8.63. The lowest BCUT2D eigenvalue weighted by Gasteiger charge is -2.40. The van der Waals surface area contributed by atoms with E-state index >= 15 is 0 Å². The molecular formula is C15H32OS2Si. The molecule has 1 saturated heterocycles. The summed E-state index contributed by atoms with van der Waals surface area (Å²) < 4.78 is 7.33. The summed E-state index contributed by atoms with van der Waals surface area (Å²) in [6, 6.07) is 0. The minimum atomic E-state index is -1.61. The fourth-order valence-corrected chi connectivity index (χ4v) is 6.61. The van der Waals surface area contributed by atoms with Crippen LogP contribution in [-0.4, -0.2) is 30.5 Å². The van der Waals surface area contributed by atoms with Gasteiger partial charge < -0.3 is 4.43 Å². The normalized spacial score (nSPS) is 22.3. The van der Waals surface area contributed by atoms with Gasteiger partial charge in [-0.05, 0) is 55.3 Å². The van der Waals surface area contributed by atoms with Crippen LogP contribution in [0.1, 0.15) is 47.5 Å². The Morgan fingerprint density at radius 1 is 1.16 bits per heavy atom. The Kier molecular flexibility index (Phi) is 6.83. The minimum Gasteiger partial charge on any atom is -0.414 e. The zero-order chi connectivity index (χ0) is 14.7. The first kappa shape index (κ1) is 17.9. The van der Waals surface area contributed by atoms with Crippen LogP contribution in [0.5, 0.6) is 0 Å². The van der Waals surface area contributed by atoms with Gasteiger partial charge in [0, 0.05) is 6.10 Å². The molecule has 0 bridgehead atoms. The van der Waals surface area contributed by atoms with Gasteiger partial charge in [0.1, 0.15) is 0 Å². The van der Waals surface area contributed by atoms with Gasteiger partial charge in [-0.15, -0.1) is 23.5 Å². The summed E-state index contributed by atoms with van der Waals surface area (Å²) in [5.74, 6) is 3.36. The van der Waals surface area contributed by atoms with Gasteiger partial charge in [-0.3, -0.25) is 0 Å². The molecule has 19 heavy (non-hydrogen) atoms. The van der Waals surface area contributed by atoms with Gasteiger partial charge in [0.05, 0.1) is 4.58 Å². The fourth-order valence-electron chi connectivity index (χ4n) is 1.93. The molecule has 1 aliphatic heterocycles. The first-order valence-corrected chi connectivity index (χ1v) is 12.5. The molecule has 1 rings (SSSR count). The summed E-state index contributed by atoms with van der Waals surface area (Å²) in [5, 5.41) is 0.315. The summed E-state index contributed by atoms with van der Waals surface area (Å²) in [6.07, 6.45) is 3.07. The van der Waals surface area contributed by atoms with Crippen molar-refractivity contribution < 1.29 is 4.43 Å². The van der Waals surface area contributed by atoms with Crippen molar-refractivity contribution in [3.05, 3.63) is 0 Å². The molecule has 0 aliphatic carbocycles. The maximum Gasteiger partial charge on any atom is 0.192 e. The topological polar surface area (TPSA) is 9.23 Å². The van der Waals surface area contributed by atoms with E-state index in [-0.39, 0.29) is 0 Å². The van der Waals surface area contributed by atoms with Crippen molar-refractivity contribution in [1.29, 1.82) is 0 Å². The quantitative estimate of drug-likeness (QED) is 0.608. The highest BCUT2D eigenvalue weighted by Crippen LogP contribution is 2.40. The van der Waals surface area contributed by atoms with E-state index in [0.717, 1.165) is 4.58 Å². The van der Waals surface area contributed by atoms with Crippen LogP contribution < -0.4 is 0 Å². The second kappa shape index (κ2) is 7.23. The molecule has 4 heteroatoms. The Morgan fingerprint density at radius 2 is 1.68 bits per heavy atom. The zero-order valence-electron chi connectivity index (χ0n) is 13.8. The molecule has 1 heterocycles. The summed E-state index contributed by atoms with van der Waals surface area (Å²) in [5.41, 5.74) is 0. The van der Waals surface area contributed by atoms with E-state index in [0.29, 0.717) is 17.1 Å². The van der Waals surface area contributed by atoms with Gasteiger partial charge in [-0.1, -0.05) is 27.7 Å². The molecule has 0 unspecified atom stereocenters. The summed E-state index contributed by atoms with van der Waals surface area (Å²) in [4.78, 5) is 0. The molecule has 2 atom stereocenters. The average molecular weight is 321 g/mol. The summed E-state index contributed by atoms with van der Waals surface area (Å²) >= 11 is 4.30. The van der Waals surface area contributed by atoms with Gasteiger partial charge in [0.15, 0.2) is 8.32 Å². The van der Waals surface area contributed by atoms with E-state index in [1.54, 1.807) is 0 Å². The predicted octanol–water partition coefficient (Wildman–Crippen LogP) is 5.62. The van der Waals surface area contributed by atoms with E-state index in [9.17, 15) is 0 Å². The third kappa shape index (κ3) is 5.64. The highest BCUT2D eigenvalue weighted by Gasteiger charge is 2.39. The smallest absolute Gasteiger partial charge is 0.192 e. The SMILES string of the molecule is C[C@H](O[Si](C)(C)C(C)(C)C)[C@@H](C)CC1SCCCS1. The Balaban J connectivity index is 2.45. The molecule has 1 aliphatic rings. The Bertz CT molecular complexity index is 270. The second-order valence-corrected chi connectivity index (χ2v) is 15.0. The van der Waals surface area contributed by atoms with Crippen LogP contribution in [0, 0.1) is 5.92 Å². The molecule has 0 saturated carbocycles. The molecule has 0 spiro atoms. The third-order valence-electron chi connectivity index (χ3n) is 4.55. The van der Waals surface area contributed by atoms with Crippen molar-refractivity contribution >= 4 is 31.8 Å². The number of hydrogen-bond acceptors (Lipinski definition) is 3. The maximum atomic E-state index is 6.53. The van der Waals surface area contributed by atoms with Crippen molar-refractivity contribution in [2.24, 2.45) is 5.92 Å². The monoisotopic (exact) mass is 320 g/mol. The van der Waals surface area contributed by atoms with E-state index in [2.05, 4.69) is 71.2 Å². The van der Waals surface area contributed by atoms with Gasteiger partial charge in [0.25, 0.3) is 0 Å². The molecule has 0 aromatic heterocycles. The molecule has 0 aromatic rings. The molecule has 0 radical (unpaired) electrons. The second-order valence-electron chi connectivity index (χ2n) is 7.32. The molecule has 1 fully saturated rings. The highest BCUT2D eigenvalue weighted by atomic mass is 32.2. The minimum absolute atomic E-state index is 0.315. The van der Waals surface area contributed by atoms with Crippen LogP contribution >= 0.6 is 23.5 Å². The lowest BCUT2D eigenvalue weighted by Crippen LogP contribution is -2.44. The van der Waals surface area contributed by atoms with E-state index in [1.807, 2.05) is 0 Å². The van der Waals surface area contributed by atoms with Crippen LogP contribution in [0.25, 0.3) is 0 Å². The third-order valence-corrected chi connectivity index (χ3v) is 12.1. The van der Waals surface area contributed by atoms with Crippen LogP contribution in [-0.2, 0) is 4.43 Å². The van der Waals surface area contributed by atoms with E-state index < -0.39 is 8.32 Å². The average Bonchev–Trinajstić information content (AvgIpc) is 2.28.